The molecule has 0 amide bonds. The highest BCUT2D eigenvalue weighted by atomic mass is 32.2. The van der Waals surface area contributed by atoms with Gasteiger partial charge in [-0.3, -0.25) is 4.79 Å². The van der Waals surface area contributed by atoms with Crippen LogP contribution in [0.1, 0.15) is 63.5 Å². The van der Waals surface area contributed by atoms with Gasteiger partial charge in [0.1, 0.15) is 5.75 Å². The Morgan fingerprint density at radius 1 is 1.10 bits per heavy atom. The van der Waals surface area contributed by atoms with Gasteiger partial charge in [-0.05, 0) is 45.3 Å². The van der Waals surface area contributed by atoms with E-state index in [2.05, 4.69) is 0 Å². The van der Waals surface area contributed by atoms with E-state index in [0.717, 1.165) is 17.4 Å². The average Bonchev–Trinajstić information content (AvgIpc) is 2.28. The van der Waals surface area contributed by atoms with Crippen molar-refractivity contribution in [1.82, 2.24) is 0 Å². The zero-order valence-electron chi connectivity index (χ0n) is 14.0. The minimum absolute atomic E-state index is 0.261. The number of benzene rings is 1. The molecular formula is C17H26O3S. The van der Waals surface area contributed by atoms with Crippen molar-refractivity contribution in [2.45, 2.75) is 57.6 Å². The molecule has 0 saturated carbocycles. The van der Waals surface area contributed by atoms with E-state index in [0.29, 0.717) is 5.56 Å². The van der Waals surface area contributed by atoms with E-state index in [9.17, 15) is 14.5 Å². The van der Waals surface area contributed by atoms with Crippen LogP contribution in [0.4, 0.5) is 0 Å². The molecule has 0 aromatic heterocycles. The second-order valence-corrected chi connectivity index (χ2v) is 9.02. The van der Waals surface area contributed by atoms with Crippen molar-refractivity contribution >= 4 is 17.5 Å². The highest BCUT2D eigenvalue weighted by molar-refractivity contribution is 7.91. The largest absolute Gasteiger partial charge is 0.616 e. The summed E-state index contributed by atoms with van der Waals surface area (Å²) in [6.45, 7) is 12.1. The summed E-state index contributed by atoms with van der Waals surface area (Å²) in [5.74, 6) is 0.269. The summed E-state index contributed by atoms with van der Waals surface area (Å²) < 4.78 is 11.8. The molecule has 118 valence electrons. The van der Waals surface area contributed by atoms with Gasteiger partial charge in [0.25, 0.3) is 0 Å². The molecule has 1 N–H and O–H groups in total. The van der Waals surface area contributed by atoms with Gasteiger partial charge < -0.3 is 9.66 Å². The van der Waals surface area contributed by atoms with Crippen LogP contribution in [0.25, 0.3) is 0 Å². The molecule has 0 fully saturated rings. The van der Waals surface area contributed by atoms with Gasteiger partial charge in [-0.25, -0.2) is 0 Å². The highest BCUT2D eigenvalue weighted by Crippen LogP contribution is 2.41. The van der Waals surface area contributed by atoms with Crippen molar-refractivity contribution in [3.05, 3.63) is 28.8 Å². The Morgan fingerprint density at radius 2 is 1.48 bits per heavy atom. The summed E-state index contributed by atoms with van der Waals surface area (Å²) in [5.41, 5.74) is 1.74. The van der Waals surface area contributed by atoms with E-state index in [-0.39, 0.29) is 16.6 Å². The smallest absolute Gasteiger partial charge is 0.195 e. The highest BCUT2D eigenvalue weighted by Gasteiger charge is 2.30. The quantitative estimate of drug-likeness (QED) is 0.685. The molecule has 3 nitrogen and oxygen atoms in total. The van der Waals surface area contributed by atoms with E-state index < -0.39 is 16.4 Å². The van der Waals surface area contributed by atoms with Crippen LogP contribution in [0.15, 0.2) is 12.1 Å². The second kappa shape index (κ2) is 6.01. The molecule has 2 unspecified atom stereocenters. The summed E-state index contributed by atoms with van der Waals surface area (Å²) in [6, 6.07) is 3.62. The van der Waals surface area contributed by atoms with Gasteiger partial charge in [-0.1, -0.05) is 41.5 Å². The van der Waals surface area contributed by atoms with Gasteiger partial charge in [0.15, 0.2) is 11.5 Å². The molecule has 4 heteroatoms. The van der Waals surface area contributed by atoms with Gasteiger partial charge in [0.05, 0.1) is 6.26 Å². The lowest BCUT2D eigenvalue weighted by molar-refractivity contribution is -0.107. The number of aromatic hydroxyl groups is 1. The molecule has 21 heavy (non-hydrogen) atoms. The summed E-state index contributed by atoms with van der Waals surface area (Å²) in [4.78, 5) is 11.3. The maximum atomic E-state index is 11.8. The Hall–Kier alpha value is -1.00. The Kier molecular flexibility index (Phi) is 5.17. The fourth-order valence-corrected chi connectivity index (χ4v) is 2.99. The molecule has 0 saturated heterocycles. The van der Waals surface area contributed by atoms with Crippen LogP contribution in [0.5, 0.6) is 5.75 Å². The SMILES string of the molecule is C[S+]([O-])C(C=O)c1cc(C(C)(C)C)c(O)c(C(C)(C)C)c1. The van der Waals surface area contributed by atoms with Gasteiger partial charge in [0, 0.05) is 5.56 Å². The molecule has 1 rings (SSSR count). The molecule has 0 heterocycles. The van der Waals surface area contributed by atoms with Crippen molar-refractivity contribution in [1.29, 1.82) is 0 Å². The molecule has 1 aromatic carbocycles. The molecule has 0 radical (unpaired) electrons. The number of phenols is 1. The molecule has 0 aliphatic carbocycles. The lowest BCUT2D eigenvalue weighted by Crippen LogP contribution is -2.20. The fraction of sp³-hybridized carbons (Fsp3) is 0.588. The predicted molar refractivity (Wildman–Crippen MR) is 88.4 cm³/mol. The molecule has 0 spiro atoms. The van der Waals surface area contributed by atoms with Crippen molar-refractivity contribution < 1.29 is 14.5 Å². The Bertz CT molecular complexity index is 487. The van der Waals surface area contributed by atoms with Crippen molar-refractivity contribution in [3.63, 3.8) is 0 Å². The van der Waals surface area contributed by atoms with E-state index in [4.69, 9.17) is 0 Å². The van der Waals surface area contributed by atoms with Crippen molar-refractivity contribution in [3.8, 4) is 5.75 Å². The number of hydrogen-bond donors (Lipinski definition) is 1. The van der Waals surface area contributed by atoms with Gasteiger partial charge in [0.2, 0.25) is 0 Å². The summed E-state index contributed by atoms with van der Waals surface area (Å²) >= 11 is -1.28. The second-order valence-electron chi connectivity index (χ2n) is 7.52. The van der Waals surface area contributed by atoms with Crippen LogP contribution >= 0.6 is 0 Å². The van der Waals surface area contributed by atoms with Crippen molar-refractivity contribution in [2.75, 3.05) is 6.26 Å². The maximum absolute atomic E-state index is 11.8. The standard InChI is InChI=1S/C17H26O3S/c1-16(2,3)12-8-11(14(10-18)21(7)20)9-13(15(12)19)17(4,5)6/h8-10,14,19H,1-7H3. The summed E-state index contributed by atoms with van der Waals surface area (Å²) in [5, 5.41) is 9.95. The van der Waals surface area contributed by atoms with E-state index in [1.165, 1.54) is 6.26 Å². The Morgan fingerprint density at radius 3 is 1.71 bits per heavy atom. The lowest BCUT2D eigenvalue weighted by atomic mass is 9.78. The van der Waals surface area contributed by atoms with E-state index >= 15 is 0 Å². The molecular weight excluding hydrogens is 284 g/mol. The fourth-order valence-electron chi connectivity index (χ4n) is 2.31. The van der Waals surface area contributed by atoms with Crippen LogP contribution in [-0.4, -0.2) is 22.2 Å². The first-order valence-corrected chi connectivity index (χ1v) is 8.67. The van der Waals surface area contributed by atoms with Gasteiger partial charge in [-0.2, -0.15) is 0 Å². The van der Waals surface area contributed by atoms with Crippen LogP contribution < -0.4 is 0 Å². The molecule has 0 aliphatic rings. The first kappa shape index (κ1) is 18.1. The van der Waals surface area contributed by atoms with Crippen molar-refractivity contribution in [2.24, 2.45) is 0 Å². The summed E-state index contributed by atoms with van der Waals surface area (Å²) in [6.07, 6.45) is 2.25. The van der Waals surface area contributed by atoms with Crippen LogP contribution in [0.2, 0.25) is 0 Å². The minimum Gasteiger partial charge on any atom is -0.616 e. The minimum atomic E-state index is -1.28. The zero-order chi connectivity index (χ0) is 16.6. The maximum Gasteiger partial charge on any atom is 0.195 e. The van der Waals surface area contributed by atoms with Gasteiger partial charge in [-0.15, -0.1) is 0 Å². The normalized spacial score (nSPS) is 15.6. The molecule has 1 aromatic rings. The van der Waals surface area contributed by atoms with Crippen LogP contribution in [0, 0.1) is 0 Å². The number of aldehydes is 1. The number of carbonyl (C=O) groups is 1. The van der Waals surface area contributed by atoms with E-state index in [1.807, 2.05) is 53.7 Å². The number of carbonyl (C=O) groups excluding carboxylic acids is 1. The third-order valence-corrected chi connectivity index (χ3v) is 4.66. The van der Waals surface area contributed by atoms with Gasteiger partial charge >= 0.3 is 0 Å². The predicted octanol–water partition coefficient (Wildman–Crippen LogP) is 3.61. The van der Waals surface area contributed by atoms with E-state index in [1.54, 1.807) is 0 Å². The first-order valence-electron chi connectivity index (χ1n) is 7.05. The number of phenolic OH excluding ortho intramolecular Hbond substituents is 1. The summed E-state index contributed by atoms with van der Waals surface area (Å²) in [7, 11) is 0. The number of hydrogen-bond acceptors (Lipinski definition) is 3. The first-order chi connectivity index (χ1) is 9.39. The lowest BCUT2D eigenvalue weighted by Gasteiger charge is -2.29. The molecule has 2 atom stereocenters. The topological polar surface area (TPSA) is 60.4 Å². The average molecular weight is 310 g/mol. The Labute approximate surface area is 130 Å². The third-order valence-electron chi connectivity index (χ3n) is 3.56. The zero-order valence-corrected chi connectivity index (χ0v) is 14.8. The van der Waals surface area contributed by atoms with Crippen LogP contribution in [0.3, 0.4) is 0 Å². The monoisotopic (exact) mass is 310 g/mol. The Balaban J connectivity index is 3.66. The third kappa shape index (κ3) is 4.01. The molecule has 0 aliphatic heterocycles. The molecule has 0 bridgehead atoms. The number of rotatable bonds is 3. The van der Waals surface area contributed by atoms with Crippen LogP contribution in [-0.2, 0) is 26.8 Å².